The van der Waals surface area contributed by atoms with Gasteiger partial charge in [0.2, 0.25) is 11.8 Å². The number of hydrogen-bond acceptors (Lipinski definition) is 3. The molecule has 126 valence electrons. The molecule has 1 aliphatic heterocycles. The molecule has 23 heavy (non-hydrogen) atoms. The van der Waals surface area contributed by atoms with E-state index in [1.165, 1.54) is 0 Å². The second-order valence-electron chi connectivity index (χ2n) is 6.26. The van der Waals surface area contributed by atoms with Crippen LogP contribution in [0.15, 0.2) is 24.4 Å². The second kappa shape index (κ2) is 8.65. The van der Waals surface area contributed by atoms with E-state index >= 15 is 0 Å². The number of pyridine rings is 1. The van der Waals surface area contributed by atoms with Crippen LogP contribution in [0.3, 0.4) is 0 Å². The lowest BCUT2D eigenvalue weighted by molar-refractivity contribution is -0.142. The fourth-order valence-corrected chi connectivity index (χ4v) is 2.95. The Labute approximate surface area is 138 Å². The van der Waals surface area contributed by atoms with Crippen LogP contribution in [0, 0.1) is 5.92 Å². The van der Waals surface area contributed by atoms with Crippen LogP contribution >= 0.6 is 0 Å². The van der Waals surface area contributed by atoms with Gasteiger partial charge in [-0.15, -0.1) is 0 Å². The summed E-state index contributed by atoms with van der Waals surface area (Å²) in [5, 5.41) is 0. The van der Waals surface area contributed by atoms with Gasteiger partial charge in [0, 0.05) is 51.4 Å². The van der Waals surface area contributed by atoms with E-state index in [2.05, 4.69) is 11.9 Å². The summed E-state index contributed by atoms with van der Waals surface area (Å²) in [5.41, 5.74) is 0.980. The van der Waals surface area contributed by atoms with Crippen molar-refractivity contribution in [1.29, 1.82) is 0 Å². The lowest BCUT2D eigenvalue weighted by Crippen LogP contribution is -2.47. The predicted molar refractivity (Wildman–Crippen MR) is 89.8 cm³/mol. The summed E-state index contributed by atoms with van der Waals surface area (Å²) >= 11 is 0. The molecular weight excluding hydrogens is 290 g/mol. The highest BCUT2D eigenvalue weighted by atomic mass is 16.2. The number of nitrogens with zero attached hydrogens (tertiary/aromatic N) is 3. The first-order valence-corrected chi connectivity index (χ1v) is 8.54. The highest BCUT2D eigenvalue weighted by Gasteiger charge is 2.31. The highest BCUT2D eigenvalue weighted by Crippen LogP contribution is 2.20. The third-order valence-corrected chi connectivity index (χ3v) is 4.44. The van der Waals surface area contributed by atoms with E-state index in [-0.39, 0.29) is 17.7 Å². The summed E-state index contributed by atoms with van der Waals surface area (Å²) in [4.78, 5) is 32.6. The van der Waals surface area contributed by atoms with Crippen LogP contribution in [-0.2, 0) is 16.0 Å². The molecule has 0 aromatic carbocycles. The number of rotatable bonds is 7. The van der Waals surface area contributed by atoms with Crippen molar-refractivity contribution in [3.05, 3.63) is 30.1 Å². The first-order chi connectivity index (χ1) is 11.1. The number of carbonyl (C=O) groups excluding carboxylic acids is 2. The van der Waals surface area contributed by atoms with Gasteiger partial charge in [0.25, 0.3) is 0 Å². The Morgan fingerprint density at radius 2 is 2.26 bits per heavy atom. The zero-order valence-electron chi connectivity index (χ0n) is 14.2. The van der Waals surface area contributed by atoms with Gasteiger partial charge in [-0.2, -0.15) is 0 Å². The summed E-state index contributed by atoms with van der Waals surface area (Å²) in [7, 11) is 1.87. The molecule has 0 saturated carbocycles. The van der Waals surface area contributed by atoms with Gasteiger partial charge in [0.15, 0.2) is 0 Å². The Kier molecular flexibility index (Phi) is 6.56. The molecule has 0 bridgehead atoms. The minimum Gasteiger partial charge on any atom is -0.345 e. The number of piperidine rings is 1. The zero-order chi connectivity index (χ0) is 16.7. The molecule has 1 atom stereocenters. The maximum absolute atomic E-state index is 12.5. The molecule has 0 aliphatic carbocycles. The third kappa shape index (κ3) is 5.05. The maximum Gasteiger partial charge on any atom is 0.227 e. The van der Waals surface area contributed by atoms with E-state index in [0.29, 0.717) is 25.9 Å². The number of unbranched alkanes of at least 4 members (excludes halogenated alkanes) is 1. The summed E-state index contributed by atoms with van der Waals surface area (Å²) in [6.45, 7) is 4.10. The number of likely N-dealkylation sites (tertiary alicyclic amines) is 1. The normalized spacial score (nSPS) is 18.1. The van der Waals surface area contributed by atoms with Crippen molar-refractivity contribution in [3.63, 3.8) is 0 Å². The quantitative estimate of drug-likeness (QED) is 0.774. The summed E-state index contributed by atoms with van der Waals surface area (Å²) < 4.78 is 0. The van der Waals surface area contributed by atoms with E-state index < -0.39 is 0 Å². The molecular formula is C18H27N3O2. The van der Waals surface area contributed by atoms with E-state index in [1.54, 1.807) is 6.20 Å². The number of amides is 2. The van der Waals surface area contributed by atoms with Gasteiger partial charge >= 0.3 is 0 Å². The Morgan fingerprint density at radius 3 is 2.96 bits per heavy atom. The monoisotopic (exact) mass is 317 g/mol. The molecule has 2 amide bonds. The highest BCUT2D eigenvalue weighted by molar-refractivity contribution is 5.83. The molecule has 5 nitrogen and oxygen atoms in total. The molecule has 1 aromatic rings. The molecule has 1 saturated heterocycles. The fourth-order valence-electron chi connectivity index (χ4n) is 2.95. The second-order valence-corrected chi connectivity index (χ2v) is 6.26. The van der Waals surface area contributed by atoms with Crippen molar-refractivity contribution in [3.8, 4) is 0 Å². The Morgan fingerprint density at radius 1 is 1.43 bits per heavy atom. The molecule has 0 spiro atoms. The first kappa shape index (κ1) is 17.4. The van der Waals surface area contributed by atoms with Crippen LogP contribution in [0.25, 0.3) is 0 Å². The minimum atomic E-state index is -0.0571. The number of carbonyl (C=O) groups is 2. The minimum absolute atomic E-state index is 0.0571. The van der Waals surface area contributed by atoms with Gasteiger partial charge in [-0.3, -0.25) is 14.6 Å². The van der Waals surface area contributed by atoms with E-state index in [1.807, 2.05) is 35.0 Å². The average Bonchev–Trinajstić information content (AvgIpc) is 2.59. The molecule has 5 heteroatoms. The average molecular weight is 317 g/mol. The molecule has 0 unspecified atom stereocenters. The largest absolute Gasteiger partial charge is 0.345 e. The van der Waals surface area contributed by atoms with Crippen LogP contribution in [0.5, 0.6) is 0 Å². The van der Waals surface area contributed by atoms with Gasteiger partial charge < -0.3 is 9.80 Å². The van der Waals surface area contributed by atoms with Crippen LogP contribution in [-0.4, -0.2) is 53.3 Å². The molecule has 2 heterocycles. The van der Waals surface area contributed by atoms with Crippen molar-refractivity contribution in [2.45, 2.75) is 39.0 Å². The summed E-state index contributed by atoms with van der Waals surface area (Å²) in [6, 6.07) is 5.81. The molecule has 1 fully saturated rings. The van der Waals surface area contributed by atoms with Gasteiger partial charge in [-0.05, 0) is 25.0 Å². The van der Waals surface area contributed by atoms with E-state index in [9.17, 15) is 9.59 Å². The molecule has 0 N–H and O–H groups in total. The van der Waals surface area contributed by atoms with Gasteiger partial charge in [0.05, 0.1) is 5.92 Å². The van der Waals surface area contributed by atoms with Crippen molar-refractivity contribution >= 4 is 11.8 Å². The van der Waals surface area contributed by atoms with Crippen molar-refractivity contribution in [1.82, 2.24) is 14.8 Å². The third-order valence-electron chi connectivity index (χ3n) is 4.44. The summed E-state index contributed by atoms with van der Waals surface area (Å²) in [5.74, 6) is 0.272. The van der Waals surface area contributed by atoms with E-state index in [4.69, 9.17) is 0 Å². The Balaban J connectivity index is 1.88. The van der Waals surface area contributed by atoms with Gasteiger partial charge in [-0.1, -0.05) is 19.4 Å². The first-order valence-electron chi connectivity index (χ1n) is 8.54. The fraction of sp³-hybridized carbons (Fsp3) is 0.611. The molecule has 2 rings (SSSR count). The van der Waals surface area contributed by atoms with Crippen molar-refractivity contribution < 1.29 is 9.59 Å². The molecule has 1 aliphatic rings. The van der Waals surface area contributed by atoms with Crippen LogP contribution in [0.1, 0.15) is 38.3 Å². The Bertz CT molecular complexity index is 518. The van der Waals surface area contributed by atoms with Gasteiger partial charge in [0.1, 0.15) is 0 Å². The van der Waals surface area contributed by atoms with Crippen LogP contribution in [0.2, 0.25) is 0 Å². The zero-order valence-corrected chi connectivity index (χ0v) is 14.2. The smallest absolute Gasteiger partial charge is 0.227 e. The van der Waals surface area contributed by atoms with E-state index in [0.717, 1.165) is 31.5 Å². The van der Waals surface area contributed by atoms with Crippen LogP contribution < -0.4 is 0 Å². The van der Waals surface area contributed by atoms with Crippen molar-refractivity contribution in [2.75, 3.05) is 26.7 Å². The lowest BCUT2D eigenvalue weighted by Gasteiger charge is -2.33. The standard InChI is InChI=1S/C18H27N3O2/c1-3-4-12-20(2)18(23)15-8-9-17(22)21(14-15)13-10-16-7-5-6-11-19-16/h5-7,11,15H,3-4,8-10,12-14H2,1-2H3/t15-/m1/s1. The topological polar surface area (TPSA) is 53.5 Å². The maximum atomic E-state index is 12.5. The van der Waals surface area contributed by atoms with Crippen LogP contribution in [0.4, 0.5) is 0 Å². The number of aromatic nitrogens is 1. The number of hydrogen-bond donors (Lipinski definition) is 0. The SMILES string of the molecule is CCCCN(C)C(=O)[C@@H]1CCC(=O)N(CCc2ccccn2)C1. The van der Waals surface area contributed by atoms with Gasteiger partial charge in [-0.25, -0.2) is 0 Å². The molecule has 1 aromatic heterocycles. The Hall–Kier alpha value is -1.91. The molecule has 0 radical (unpaired) electrons. The van der Waals surface area contributed by atoms with Crippen molar-refractivity contribution in [2.24, 2.45) is 5.92 Å². The summed E-state index contributed by atoms with van der Waals surface area (Å²) in [6.07, 6.45) is 5.75. The lowest BCUT2D eigenvalue weighted by atomic mass is 9.95. The predicted octanol–water partition coefficient (Wildman–Crippen LogP) is 2.12.